The molecule has 152 valence electrons. The highest BCUT2D eigenvalue weighted by molar-refractivity contribution is 6.03. The van der Waals surface area contributed by atoms with Crippen LogP contribution in [0.25, 0.3) is 16.9 Å². The lowest BCUT2D eigenvalue weighted by Gasteiger charge is -2.07. The zero-order valence-electron chi connectivity index (χ0n) is 16.8. The summed E-state index contributed by atoms with van der Waals surface area (Å²) in [5.41, 5.74) is 3.23. The van der Waals surface area contributed by atoms with Crippen LogP contribution in [0, 0.1) is 13.8 Å². The van der Waals surface area contributed by atoms with Gasteiger partial charge < -0.3 is 10.4 Å². The van der Waals surface area contributed by atoms with Crippen LogP contribution in [-0.2, 0) is 7.05 Å². The van der Waals surface area contributed by atoms with E-state index >= 15 is 0 Å². The van der Waals surface area contributed by atoms with Crippen LogP contribution in [0.1, 0.15) is 21.7 Å². The van der Waals surface area contributed by atoms with Crippen molar-refractivity contribution in [1.82, 2.24) is 19.6 Å². The Kier molecular flexibility index (Phi) is 4.75. The van der Waals surface area contributed by atoms with Gasteiger partial charge in [0.15, 0.2) is 0 Å². The molecule has 0 spiro atoms. The van der Waals surface area contributed by atoms with Crippen LogP contribution in [-0.4, -0.2) is 30.6 Å². The van der Waals surface area contributed by atoms with Gasteiger partial charge in [0.1, 0.15) is 17.1 Å². The van der Waals surface area contributed by atoms with Crippen LogP contribution in [0.15, 0.2) is 59.4 Å². The number of anilines is 1. The summed E-state index contributed by atoms with van der Waals surface area (Å²) >= 11 is 0. The normalized spacial score (nSPS) is 10.9. The molecule has 4 rings (SSSR count). The van der Waals surface area contributed by atoms with E-state index in [2.05, 4.69) is 15.5 Å². The maximum absolute atomic E-state index is 12.9. The average molecular weight is 403 g/mol. The van der Waals surface area contributed by atoms with Crippen LogP contribution in [0.2, 0.25) is 0 Å². The van der Waals surface area contributed by atoms with Crippen molar-refractivity contribution in [1.29, 1.82) is 0 Å². The molecule has 3 N–H and O–H groups in total. The number of carbonyl (C=O) groups excluding carboxylic acids is 1. The first-order chi connectivity index (χ1) is 14.4. The van der Waals surface area contributed by atoms with E-state index in [1.807, 2.05) is 43.3 Å². The summed E-state index contributed by atoms with van der Waals surface area (Å²) in [6.45, 7) is 3.64. The Hall–Kier alpha value is -4.07. The van der Waals surface area contributed by atoms with Gasteiger partial charge in [-0.1, -0.05) is 24.3 Å². The molecule has 1 amide bonds. The van der Waals surface area contributed by atoms with Crippen molar-refractivity contribution >= 4 is 11.6 Å². The number of amides is 1. The largest absolute Gasteiger partial charge is 0.507 e. The summed E-state index contributed by atoms with van der Waals surface area (Å²) in [6.07, 6.45) is 0. The minimum atomic E-state index is -0.494. The van der Waals surface area contributed by atoms with Gasteiger partial charge in [-0.3, -0.25) is 19.4 Å². The van der Waals surface area contributed by atoms with Crippen molar-refractivity contribution < 1.29 is 9.90 Å². The molecule has 0 unspecified atom stereocenters. The van der Waals surface area contributed by atoms with Gasteiger partial charge in [-0.15, -0.1) is 0 Å². The number of aromatic amines is 1. The Morgan fingerprint density at radius 2 is 1.83 bits per heavy atom. The highest BCUT2D eigenvalue weighted by atomic mass is 16.3. The number of hydrogen-bond acceptors (Lipinski definition) is 4. The Bertz CT molecular complexity index is 1300. The quantitative estimate of drug-likeness (QED) is 0.487. The molecule has 30 heavy (non-hydrogen) atoms. The van der Waals surface area contributed by atoms with Gasteiger partial charge in [0.2, 0.25) is 0 Å². The summed E-state index contributed by atoms with van der Waals surface area (Å²) in [6, 6.07) is 15.9. The SMILES string of the molecule is Cc1ccc(-c2cc(C(=O)Nc3c(C)n(C)n(-c4ccccc4)c3=O)[nH]n2)c(O)c1. The number of H-pyrrole nitrogens is 1. The first kappa shape index (κ1) is 19.3. The molecule has 4 aromatic rings. The summed E-state index contributed by atoms with van der Waals surface area (Å²) in [4.78, 5) is 25.7. The average Bonchev–Trinajstić information content (AvgIpc) is 3.29. The number of nitrogens with one attached hydrogen (secondary N) is 2. The molecule has 0 fully saturated rings. The lowest BCUT2D eigenvalue weighted by atomic mass is 10.1. The Morgan fingerprint density at radius 1 is 1.10 bits per heavy atom. The van der Waals surface area contributed by atoms with E-state index < -0.39 is 5.91 Å². The van der Waals surface area contributed by atoms with E-state index in [4.69, 9.17) is 0 Å². The van der Waals surface area contributed by atoms with Gasteiger partial charge in [0, 0.05) is 12.6 Å². The highest BCUT2D eigenvalue weighted by Crippen LogP contribution is 2.29. The third kappa shape index (κ3) is 3.28. The molecule has 8 heteroatoms. The fourth-order valence-corrected chi connectivity index (χ4v) is 3.33. The Morgan fingerprint density at radius 3 is 2.53 bits per heavy atom. The van der Waals surface area contributed by atoms with Crippen LogP contribution < -0.4 is 10.9 Å². The molecule has 0 bridgehead atoms. The number of aromatic hydroxyl groups is 1. The standard InChI is InChI=1S/C22H21N5O3/c1-13-9-10-16(19(28)11-13)17-12-18(25-24-17)21(29)23-20-14(2)26(3)27(22(20)30)15-7-5-4-6-8-15/h4-12,28H,1-3H3,(H,23,29)(H,24,25). The van der Waals surface area contributed by atoms with Crippen LogP contribution >= 0.6 is 0 Å². The maximum atomic E-state index is 12.9. The fraction of sp³-hybridized carbons (Fsp3) is 0.136. The molecule has 2 heterocycles. The second-order valence-corrected chi connectivity index (χ2v) is 7.08. The monoisotopic (exact) mass is 403 g/mol. The van der Waals surface area contributed by atoms with Gasteiger partial charge in [-0.2, -0.15) is 5.10 Å². The van der Waals surface area contributed by atoms with Gasteiger partial charge in [-0.05, 0) is 49.7 Å². The zero-order chi connectivity index (χ0) is 21.4. The Labute approximate surface area is 172 Å². The molecule has 0 saturated heterocycles. The molecule has 0 aliphatic rings. The van der Waals surface area contributed by atoms with Crippen molar-refractivity contribution in [3.05, 3.63) is 81.9 Å². The number of carbonyl (C=O) groups is 1. The van der Waals surface area contributed by atoms with E-state index in [0.717, 1.165) is 5.56 Å². The second kappa shape index (κ2) is 7.40. The number of para-hydroxylation sites is 1. The minimum Gasteiger partial charge on any atom is -0.507 e. The summed E-state index contributed by atoms with van der Waals surface area (Å²) in [5, 5.41) is 19.6. The lowest BCUT2D eigenvalue weighted by molar-refractivity contribution is 0.102. The van der Waals surface area contributed by atoms with Gasteiger partial charge >= 0.3 is 0 Å². The number of benzene rings is 2. The maximum Gasteiger partial charge on any atom is 0.295 e. The summed E-state index contributed by atoms with van der Waals surface area (Å²) in [5.74, 6) is -0.413. The van der Waals surface area contributed by atoms with E-state index in [0.29, 0.717) is 22.6 Å². The van der Waals surface area contributed by atoms with Crippen LogP contribution in [0.3, 0.4) is 0 Å². The molecule has 0 aliphatic carbocycles. The second-order valence-electron chi connectivity index (χ2n) is 7.08. The van der Waals surface area contributed by atoms with Crippen LogP contribution in [0.5, 0.6) is 5.75 Å². The molecule has 0 saturated carbocycles. The molecule has 0 radical (unpaired) electrons. The van der Waals surface area contributed by atoms with Crippen molar-refractivity contribution in [2.45, 2.75) is 13.8 Å². The summed E-state index contributed by atoms with van der Waals surface area (Å²) < 4.78 is 3.18. The lowest BCUT2D eigenvalue weighted by Crippen LogP contribution is -2.23. The number of phenols is 1. The van der Waals surface area contributed by atoms with Gasteiger partial charge in [-0.25, -0.2) is 4.68 Å². The molecule has 2 aromatic heterocycles. The number of nitrogens with zero attached hydrogens (tertiary/aromatic N) is 3. The first-order valence-electron chi connectivity index (χ1n) is 9.37. The predicted octanol–water partition coefficient (Wildman–Crippen LogP) is 3.14. The summed E-state index contributed by atoms with van der Waals surface area (Å²) in [7, 11) is 1.76. The molecule has 8 nitrogen and oxygen atoms in total. The van der Waals surface area contributed by atoms with E-state index in [1.165, 1.54) is 10.7 Å². The number of hydrogen-bond donors (Lipinski definition) is 3. The van der Waals surface area contributed by atoms with E-state index in [9.17, 15) is 14.7 Å². The first-order valence-corrected chi connectivity index (χ1v) is 9.37. The van der Waals surface area contributed by atoms with Crippen molar-refractivity contribution in [2.24, 2.45) is 7.05 Å². The van der Waals surface area contributed by atoms with Crippen molar-refractivity contribution in [2.75, 3.05) is 5.32 Å². The molecule has 0 aliphatic heterocycles. The fourth-order valence-electron chi connectivity index (χ4n) is 3.33. The van der Waals surface area contributed by atoms with E-state index in [-0.39, 0.29) is 22.7 Å². The minimum absolute atomic E-state index is 0.0816. The smallest absolute Gasteiger partial charge is 0.295 e. The number of phenolic OH excluding ortho intramolecular Hbond substituents is 1. The molecular weight excluding hydrogens is 382 g/mol. The molecule has 0 atom stereocenters. The third-order valence-electron chi connectivity index (χ3n) is 5.04. The number of aromatic nitrogens is 4. The Balaban J connectivity index is 1.64. The third-order valence-corrected chi connectivity index (χ3v) is 5.04. The molecule has 2 aromatic carbocycles. The zero-order valence-corrected chi connectivity index (χ0v) is 16.8. The van der Waals surface area contributed by atoms with E-state index in [1.54, 1.807) is 30.8 Å². The highest BCUT2D eigenvalue weighted by Gasteiger charge is 2.20. The van der Waals surface area contributed by atoms with Crippen LogP contribution in [0.4, 0.5) is 5.69 Å². The number of rotatable bonds is 4. The van der Waals surface area contributed by atoms with Crippen molar-refractivity contribution in [3.63, 3.8) is 0 Å². The van der Waals surface area contributed by atoms with Gasteiger partial charge in [0.25, 0.3) is 11.5 Å². The molecular formula is C22H21N5O3. The topological polar surface area (TPSA) is 105 Å². The van der Waals surface area contributed by atoms with Gasteiger partial charge in [0.05, 0.1) is 17.1 Å². The predicted molar refractivity (Wildman–Crippen MR) is 114 cm³/mol. The number of aryl methyl sites for hydroxylation is 1. The van der Waals surface area contributed by atoms with Crippen molar-refractivity contribution in [3.8, 4) is 22.7 Å².